The van der Waals surface area contributed by atoms with Crippen molar-refractivity contribution in [2.24, 2.45) is 11.7 Å². The lowest BCUT2D eigenvalue weighted by Gasteiger charge is -2.32. The van der Waals surface area contributed by atoms with E-state index in [-0.39, 0.29) is 17.5 Å². The summed E-state index contributed by atoms with van der Waals surface area (Å²) in [5, 5.41) is 3.05. The lowest BCUT2D eigenvalue weighted by molar-refractivity contribution is -0.139. The molecule has 0 aliphatic carbocycles. The molecule has 0 aromatic rings. The van der Waals surface area contributed by atoms with Gasteiger partial charge in [0.2, 0.25) is 5.88 Å². The van der Waals surface area contributed by atoms with Gasteiger partial charge in [0, 0.05) is 12.3 Å². The standard InChI is InChI=1S/C11H20N2O3/c1-5-11(7(3)4)13-8(9(12)16-11)10(14)15-6-2/h7,13H,5-6,12H2,1-4H3. The molecule has 92 valence electrons. The highest BCUT2D eigenvalue weighted by atomic mass is 16.6. The van der Waals surface area contributed by atoms with E-state index in [9.17, 15) is 4.79 Å². The number of esters is 1. The van der Waals surface area contributed by atoms with E-state index in [1.54, 1.807) is 6.92 Å². The highest BCUT2D eigenvalue weighted by Crippen LogP contribution is 2.31. The summed E-state index contributed by atoms with van der Waals surface area (Å²) in [5.41, 5.74) is 5.34. The van der Waals surface area contributed by atoms with E-state index in [2.05, 4.69) is 5.32 Å². The second kappa shape index (κ2) is 4.63. The van der Waals surface area contributed by atoms with Crippen LogP contribution in [0.1, 0.15) is 34.1 Å². The highest BCUT2D eigenvalue weighted by Gasteiger charge is 2.43. The SMILES string of the molecule is CCOC(=O)C1=C(N)OC(CC)(C(C)C)N1. The van der Waals surface area contributed by atoms with Gasteiger partial charge in [0.1, 0.15) is 0 Å². The highest BCUT2D eigenvalue weighted by molar-refractivity contribution is 5.88. The molecule has 1 atom stereocenters. The minimum absolute atomic E-state index is 0.119. The summed E-state index contributed by atoms with van der Waals surface area (Å²) in [6.45, 7) is 8.07. The monoisotopic (exact) mass is 228 g/mol. The van der Waals surface area contributed by atoms with Crippen LogP contribution >= 0.6 is 0 Å². The molecular formula is C11H20N2O3. The second-order valence-corrected chi connectivity index (χ2v) is 4.08. The normalized spacial score (nSPS) is 24.3. The number of hydrogen-bond acceptors (Lipinski definition) is 5. The van der Waals surface area contributed by atoms with Crippen LogP contribution in [-0.2, 0) is 14.3 Å². The van der Waals surface area contributed by atoms with E-state index < -0.39 is 11.7 Å². The molecule has 0 amide bonds. The van der Waals surface area contributed by atoms with E-state index in [1.165, 1.54) is 0 Å². The summed E-state index contributed by atoms with van der Waals surface area (Å²) in [6.07, 6.45) is 0.717. The maximum atomic E-state index is 11.6. The Kier molecular flexibility index (Phi) is 3.67. The van der Waals surface area contributed by atoms with Gasteiger partial charge in [-0.05, 0) is 6.92 Å². The number of nitrogens with one attached hydrogen (secondary N) is 1. The quantitative estimate of drug-likeness (QED) is 0.704. The smallest absolute Gasteiger partial charge is 0.360 e. The van der Waals surface area contributed by atoms with Crippen LogP contribution in [0.5, 0.6) is 0 Å². The summed E-state index contributed by atoms with van der Waals surface area (Å²) in [7, 11) is 0. The molecule has 16 heavy (non-hydrogen) atoms. The largest absolute Gasteiger partial charge is 0.461 e. The van der Waals surface area contributed by atoms with Crippen molar-refractivity contribution in [3.63, 3.8) is 0 Å². The Morgan fingerprint density at radius 3 is 2.56 bits per heavy atom. The minimum Gasteiger partial charge on any atom is -0.461 e. The second-order valence-electron chi connectivity index (χ2n) is 4.08. The fourth-order valence-electron chi connectivity index (χ4n) is 1.73. The molecule has 1 aliphatic rings. The first-order valence-electron chi connectivity index (χ1n) is 5.60. The van der Waals surface area contributed by atoms with Crippen LogP contribution < -0.4 is 11.1 Å². The Morgan fingerprint density at radius 2 is 2.19 bits per heavy atom. The molecule has 1 rings (SSSR count). The van der Waals surface area contributed by atoms with Crippen LogP contribution in [0.15, 0.2) is 11.6 Å². The van der Waals surface area contributed by atoms with Crippen LogP contribution in [0.3, 0.4) is 0 Å². The van der Waals surface area contributed by atoms with Crippen molar-refractivity contribution in [2.45, 2.75) is 39.8 Å². The first kappa shape index (κ1) is 12.7. The number of hydrogen-bond donors (Lipinski definition) is 2. The topological polar surface area (TPSA) is 73.6 Å². The molecule has 0 aromatic carbocycles. The first-order chi connectivity index (χ1) is 7.46. The third-order valence-corrected chi connectivity index (χ3v) is 2.81. The van der Waals surface area contributed by atoms with Crippen molar-refractivity contribution in [3.05, 3.63) is 11.6 Å². The van der Waals surface area contributed by atoms with Gasteiger partial charge in [-0.2, -0.15) is 0 Å². The van der Waals surface area contributed by atoms with Gasteiger partial charge in [-0.3, -0.25) is 0 Å². The summed E-state index contributed by atoms with van der Waals surface area (Å²) in [4.78, 5) is 11.6. The molecule has 0 fully saturated rings. The third-order valence-electron chi connectivity index (χ3n) is 2.81. The van der Waals surface area contributed by atoms with E-state index in [1.807, 2.05) is 20.8 Å². The van der Waals surface area contributed by atoms with Gasteiger partial charge in [-0.1, -0.05) is 20.8 Å². The Balaban J connectivity index is 2.84. The molecule has 0 radical (unpaired) electrons. The van der Waals surface area contributed by atoms with Gasteiger partial charge in [-0.25, -0.2) is 4.79 Å². The number of nitrogens with two attached hydrogens (primary N) is 1. The van der Waals surface area contributed by atoms with Gasteiger partial charge in [0.15, 0.2) is 11.4 Å². The van der Waals surface area contributed by atoms with Crippen LogP contribution in [0.4, 0.5) is 0 Å². The molecule has 5 heteroatoms. The first-order valence-corrected chi connectivity index (χ1v) is 5.60. The number of carbonyl (C=O) groups excluding carboxylic acids is 1. The molecule has 1 heterocycles. The predicted molar refractivity (Wildman–Crippen MR) is 59.9 cm³/mol. The molecule has 0 saturated heterocycles. The zero-order valence-electron chi connectivity index (χ0n) is 10.3. The fraction of sp³-hybridized carbons (Fsp3) is 0.727. The summed E-state index contributed by atoms with van der Waals surface area (Å²) in [5.74, 6) is -0.145. The van der Waals surface area contributed by atoms with E-state index in [4.69, 9.17) is 15.2 Å². The van der Waals surface area contributed by atoms with Crippen molar-refractivity contribution in [1.82, 2.24) is 5.32 Å². The Labute approximate surface area is 96.0 Å². The molecule has 0 spiro atoms. The predicted octanol–water partition coefficient (Wildman–Crippen LogP) is 1.06. The van der Waals surface area contributed by atoms with Crippen molar-refractivity contribution in [3.8, 4) is 0 Å². The van der Waals surface area contributed by atoms with Gasteiger partial charge < -0.3 is 20.5 Å². The van der Waals surface area contributed by atoms with Crippen molar-refractivity contribution in [2.75, 3.05) is 6.61 Å². The molecule has 5 nitrogen and oxygen atoms in total. The fourth-order valence-corrected chi connectivity index (χ4v) is 1.73. The lowest BCUT2D eigenvalue weighted by atomic mass is 9.97. The molecule has 1 aliphatic heterocycles. The summed E-state index contributed by atoms with van der Waals surface area (Å²) < 4.78 is 10.5. The molecule has 3 N–H and O–H groups in total. The van der Waals surface area contributed by atoms with Crippen LogP contribution in [0.25, 0.3) is 0 Å². The number of carbonyl (C=O) groups is 1. The van der Waals surface area contributed by atoms with E-state index in [0.29, 0.717) is 13.0 Å². The number of rotatable bonds is 4. The Bertz CT molecular complexity index is 312. The van der Waals surface area contributed by atoms with E-state index >= 15 is 0 Å². The zero-order valence-corrected chi connectivity index (χ0v) is 10.3. The Hall–Kier alpha value is -1.39. The van der Waals surface area contributed by atoms with Crippen LogP contribution in [-0.4, -0.2) is 18.3 Å². The molecule has 0 saturated carbocycles. The number of ether oxygens (including phenoxy) is 2. The zero-order chi connectivity index (χ0) is 12.3. The van der Waals surface area contributed by atoms with Crippen molar-refractivity contribution >= 4 is 5.97 Å². The van der Waals surface area contributed by atoms with E-state index in [0.717, 1.165) is 0 Å². The van der Waals surface area contributed by atoms with Gasteiger partial charge in [0.25, 0.3) is 0 Å². The minimum atomic E-state index is -0.591. The third kappa shape index (κ3) is 2.08. The average Bonchev–Trinajstić information content (AvgIpc) is 2.57. The molecule has 0 bridgehead atoms. The Morgan fingerprint density at radius 1 is 1.56 bits per heavy atom. The maximum Gasteiger partial charge on any atom is 0.360 e. The van der Waals surface area contributed by atoms with Gasteiger partial charge >= 0.3 is 5.97 Å². The van der Waals surface area contributed by atoms with Crippen LogP contribution in [0, 0.1) is 5.92 Å². The van der Waals surface area contributed by atoms with Crippen molar-refractivity contribution < 1.29 is 14.3 Å². The molecular weight excluding hydrogens is 208 g/mol. The van der Waals surface area contributed by atoms with Crippen molar-refractivity contribution in [1.29, 1.82) is 0 Å². The van der Waals surface area contributed by atoms with Crippen LogP contribution in [0.2, 0.25) is 0 Å². The summed E-state index contributed by atoms with van der Waals surface area (Å²) >= 11 is 0. The van der Waals surface area contributed by atoms with Gasteiger partial charge in [0.05, 0.1) is 6.61 Å². The average molecular weight is 228 g/mol. The lowest BCUT2D eigenvalue weighted by Crippen LogP contribution is -2.47. The molecule has 1 unspecified atom stereocenters. The van der Waals surface area contributed by atoms with Gasteiger partial charge in [-0.15, -0.1) is 0 Å². The summed E-state index contributed by atoms with van der Waals surface area (Å²) in [6, 6.07) is 0. The maximum absolute atomic E-state index is 11.6. The molecule has 0 aromatic heterocycles.